The van der Waals surface area contributed by atoms with Crippen LogP contribution in [0.4, 0.5) is 4.39 Å². The molecule has 0 saturated carbocycles. The van der Waals surface area contributed by atoms with Gasteiger partial charge in [0.1, 0.15) is 11.5 Å². The fraction of sp³-hybridized carbons (Fsp3) is 0.296. The van der Waals surface area contributed by atoms with Gasteiger partial charge >= 0.3 is 5.97 Å². The third-order valence-electron chi connectivity index (χ3n) is 6.04. The van der Waals surface area contributed by atoms with Gasteiger partial charge in [-0.15, -0.1) is 0 Å². The van der Waals surface area contributed by atoms with Gasteiger partial charge in [-0.2, -0.15) is 0 Å². The van der Waals surface area contributed by atoms with Gasteiger partial charge in [0.2, 0.25) is 0 Å². The van der Waals surface area contributed by atoms with Crippen molar-refractivity contribution in [2.45, 2.75) is 40.3 Å². The number of nitrogens with zero attached hydrogens (tertiary/aromatic N) is 2. The molecule has 7 heteroatoms. The number of aromatic nitrogens is 1. The van der Waals surface area contributed by atoms with Crippen LogP contribution in [0.25, 0.3) is 0 Å². The molecular weight excluding hydrogens is 435 g/mol. The van der Waals surface area contributed by atoms with E-state index in [1.54, 1.807) is 75.7 Å². The molecule has 0 radical (unpaired) electrons. The number of Topliss-reactive ketones (excluding diaryl/α,β-unsaturated/α-hetero) is 1. The molecule has 0 N–H and O–H groups in total. The molecule has 0 aliphatic heterocycles. The van der Waals surface area contributed by atoms with Gasteiger partial charge in [0, 0.05) is 30.4 Å². The van der Waals surface area contributed by atoms with E-state index in [9.17, 15) is 18.8 Å². The van der Waals surface area contributed by atoms with Crippen LogP contribution in [0.1, 0.15) is 61.9 Å². The van der Waals surface area contributed by atoms with Crippen molar-refractivity contribution >= 4 is 17.7 Å². The molecule has 1 aromatic heterocycles. The summed E-state index contributed by atoms with van der Waals surface area (Å²) >= 11 is 0. The highest BCUT2D eigenvalue weighted by Gasteiger charge is 2.33. The molecule has 1 heterocycles. The van der Waals surface area contributed by atoms with Gasteiger partial charge in [-0.1, -0.05) is 30.3 Å². The number of benzene rings is 2. The molecule has 0 spiro atoms. The molecule has 178 valence electrons. The number of ketones is 1. The van der Waals surface area contributed by atoms with Crippen LogP contribution in [0.3, 0.4) is 0 Å². The Kier molecular flexibility index (Phi) is 7.66. The summed E-state index contributed by atoms with van der Waals surface area (Å²) in [7, 11) is 1.71. The van der Waals surface area contributed by atoms with Crippen molar-refractivity contribution in [2.24, 2.45) is 7.05 Å². The van der Waals surface area contributed by atoms with E-state index in [2.05, 4.69) is 0 Å². The monoisotopic (exact) mass is 464 g/mol. The van der Waals surface area contributed by atoms with E-state index >= 15 is 0 Å². The standard InChI is InChI=1S/C27H29FN2O4/c1-6-34-27(33)24-17(2)23(18(3)29(24)5)25(31)19(4)30(16-20-12-14-22(28)15-13-20)26(32)21-10-8-7-9-11-21/h7-15,19H,6,16H2,1-5H3/t19-/m1/s1. The van der Waals surface area contributed by atoms with E-state index in [0.717, 1.165) is 0 Å². The van der Waals surface area contributed by atoms with E-state index < -0.39 is 12.0 Å². The largest absolute Gasteiger partial charge is 0.461 e. The Labute approximate surface area is 199 Å². The third-order valence-corrected chi connectivity index (χ3v) is 6.04. The summed E-state index contributed by atoms with van der Waals surface area (Å²) in [5, 5.41) is 0. The maximum atomic E-state index is 13.7. The Morgan fingerprint density at radius 1 is 1.03 bits per heavy atom. The Bertz CT molecular complexity index is 1200. The lowest BCUT2D eigenvalue weighted by Gasteiger charge is -2.29. The number of amides is 1. The second-order valence-corrected chi connectivity index (χ2v) is 8.18. The molecule has 1 atom stereocenters. The van der Waals surface area contributed by atoms with Crippen LogP contribution in [0, 0.1) is 19.7 Å². The number of rotatable bonds is 8. The quantitative estimate of drug-likeness (QED) is 0.352. The van der Waals surface area contributed by atoms with Crippen LogP contribution in [-0.2, 0) is 18.3 Å². The SMILES string of the molecule is CCOC(=O)c1c(C)c(C(=O)[C@@H](C)N(Cc2ccc(F)cc2)C(=O)c2ccccc2)c(C)n1C. The van der Waals surface area contributed by atoms with Gasteiger partial charge in [0.05, 0.1) is 12.6 Å². The van der Waals surface area contributed by atoms with Gasteiger partial charge in [0.25, 0.3) is 5.91 Å². The summed E-state index contributed by atoms with van der Waals surface area (Å²) in [5.41, 5.74) is 2.98. The highest BCUT2D eigenvalue weighted by Crippen LogP contribution is 2.26. The van der Waals surface area contributed by atoms with Crippen molar-refractivity contribution in [3.63, 3.8) is 0 Å². The predicted molar refractivity (Wildman–Crippen MR) is 127 cm³/mol. The maximum absolute atomic E-state index is 13.7. The Hall–Kier alpha value is -3.74. The number of esters is 1. The van der Waals surface area contributed by atoms with E-state index in [-0.39, 0.29) is 30.7 Å². The van der Waals surface area contributed by atoms with E-state index in [0.29, 0.717) is 33.6 Å². The summed E-state index contributed by atoms with van der Waals surface area (Å²) in [5.74, 6) is -1.48. The fourth-order valence-electron chi connectivity index (χ4n) is 4.10. The molecular formula is C27H29FN2O4. The molecule has 0 aliphatic carbocycles. The molecule has 3 aromatic rings. The number of hydrogen-bond acceptors (Lipinski definition) is 4. The Morgan fingerprint density at radius 2 is 1.65 bits per heavy atom. The van der Waals surface area contributed by atoms with Crippen molar-refractivity contribution in [3.8, 4) is 0 Å². The smallest absolute Gasteiger partial charge is 0.355 e. The van der Waals surface area contributed by atoms with E-state index in [1.807, 2.05) is 6.07 Å². The van der Waals surface area contributed by atoms with Gasteiger partial charge < -0.3 is 14.2 Å². The summed E-state index contributed by atoms with van der Waals surface area (Å²) in [6.07, 6.45) is 0. The lowest BCUT2D eigenvalue weighted by atomic mass is 9.98. The molecule has 0 unspecified atom stereocenters. The van der Waals surface area contributed by atoms with Crippen molar-refractivity contribution in [1.82, 2.24) is 9.47 Å². The van der Waals surface area contributed by atoms with Crippen molar-refractivity contribution in [1.29, 1.82) is 0 Å². The van der Waals surface area contributed by atoms with Crippen LogP contribution >= 0.6 is 0 Å². The normalized spacial score (nSPS) is 11.7. The number of carbonyl (C=O) groups excluding carboxylic acids is 3. The first-order valence-electron chi connectivity index (χ1n) is 11.1. The molecule has 0 fully saturated rings. The Balaban J connectivity index is 2.02. The third kappa shape index (κ3) is 4.93. The minimum absolute atomic E-state index is 0.122. The summed E-state index contributed by atoms with van der Waals surface area (Å²) < 4.78 is 20.2. The van der Waals surface area contributed by atoms with Gasteiger partial charge in [0.15, 0.2) is 5.78 Å². The van der Waals surface area contributed by atoms with Crippen LogP contribution in [0.5, 0.6) is 0 Å². The number of hydrogen-bond donors (Lipinski definition) is 0. The predicted octanol–water partition coefficient (Wildman–Crippen LogP) is 4.87. The zero-order chi connectivity index (χ0) is 25.0. The van der Waals surface area contributed by atoms with Crippen molar-refractivity contribution in [2.75, 3.05) is 6.61 Å². The average molecular weight is 465 g/mol. The molecule has 6 nitrogen and oxygen atoms in total. The highest BCUT2D eigenvalue weighted by molar-refractivity contribution is 6.07. The topological polar surface area (TPSA) is 68.6 Å². The molecule has 0 aliphatic rings. The summed E-state index contributed by atoms with van der Waals surface area (Å²) in [6, 6.07) is 13.7. The number of ether oxygens (including phenoxy) is 1. The van der Waals surface area contributed by atoms with Gasteiger partial charge in [-0.25, -0.2) is 9.18 Å². The fourth-order valence-corrected chi connectivity index (χ4v) is 4.10. The number of carbonyl (C=O) groups is 3. The van der Waals surface area contributed by atoms with Crippen LogP contribution in [0.2, 0.25) is 0 Å². The molecule has 2 aromatic carbocycles. The van der Waals surface area contributed by atoms with Crippen molar-refractivity contribution < 1.29 is 23.5 Å². The van der Waals surface area contributed by atoms with Gasteiger partial charge in [-0.3, -0.25) is 9.59 Å². The molecule has 34 heavy (non-hydrogen) atoms. The first kappa shape index (κ1) is 24.9. The first-order valence-corrected chi connectivity index (χ1v) is 11.1. The molecule has 3 rings (SSSR count). The second kappa shape index (κ2) is 10.5. The molecule has 1 amide bonds. The zero-order valence-electron chi connectivity index (χ0n) is 20.1. The van der Waals surface area contributed by atoms with E-state index in [1.165, 1.54) is 17.0 Å². The Morgan fingerprint density at radius 3 is 2.24 bits per heavy atom. The second-order valence-electron chi connectivity index (χ2n) is 8.18. The zero-order valence-corrected chi connectivity index (χ0v) is 20.1. The van der Waals surface area contributed by atoms with E-state index in [4.69, 9.17) is 4.74 Å². The summed E-state index contributed by atoms with van der Waals surface area (Å²) in [4.78, 5) is 41.1. The minimum atomic E-state index is -0.840. The average Bonchev–Trinajstić information content (AvgIpc) is 3.05. The minimum Gasteiger partial charge on any atom is -0.461 e. The van der Waals surface area contributed by atoms with Crippen LogP contribution < -0.4 is 0 Å². The lowest BCUT2D eigenvalue weighted by Crippen LogP contribution is -2.43. The van der Waals surface area contributed by atoms with Crippen LogP contribution in [0.15, 0.2) is 54.6 Å². The molecule has 0 saturated heterocycles. The first-order chi connectivity index (χ1) is 16.2. The lowest BCUT2D eigenvalue weighted by molar-refractivity contribution is 0.0513. The maximum Gasteiger partial charge on any atom is 0.355 e. The highest BCUT2D eigenvalue weighted by atomic mass is 19.1. The summed E-state index contributed by atoms with van der Waals surface area (Å²) in [6.45, 7) is 7.21. The van der Waals surface area contributed by atoms with Gasteiger partial charge in [-0.05, 0) is 63.1 Å². The molecule has 0 bridgehead atoms. The number of halogens is 1. The van der Waals surface area contributed by atoms with Crippen molar-refractivity contribution in [3.05, 3.63) is 94.1 Å². The van der Waals surface area contributed by atoms with Crippen LogP contribution in [-0.4, -0.2) is 39.8 Å².